The molecule has 0 radical (unpaired) electrons. The normalized spacial score (nSPS) is 18.5. The Balaban J connectivity index is 1.66. The molecular formula is C21H23N3O2. The van der Waals surface area contributed by atoms with Crippen LogP contribution in [0, 0.1) is 6.92 Å². The highest BCUT2D eigenvalue weighted by Gasteiger charge is 2.39. The molecule has 0 aromatic heterocycles. The van der Waals surface area contributed by atoms with E-state index in [0.29, 0.717) is 11.1 Å². The van der Waals surface area contributed by atoms with Crippen molar-refractivity contribution in [3.05, 3.63) is 59.2 Å². The summed E-state index contributed by atoms with van der Waals surface area (Å²) in [6.07, 6.45) is 2.13. The van der Waals surface area contributed by atoms with Crippen molar-refractivity contribution in [2.45, 2.75) is 32.9 Å². The van der Waals surface area contributed by atoms with Crippen molar-refractivity contribution in [1.29, 1.82) is 0 Å². The number of rotatable bonds is 3. The van der Waals surface area contributed by atoms with Crippen LogP contribution in [0.1, 0.15) is 46.0 Å². The van der Waals surface area contributed by atoms with E-state index in [1.54, 1.807) is 12.1 Å². The van der Waals surface area contributed by atoms with Crippen LogP contribution >= 0.6 is 0 Å². The van der Waals surface area contributed by atoms with E-state index >= 15 is 0 Å². The average Bonchev–Trinajstić information content (AvgIpc) is 3.11. The van der Waals surface area contributed by atoms with Gasteiger partial charge in [0.25, 0.3) is 11.8 Å². The average molecular weight is 349 g/mol. The number of nitrogens with one attached hydrogen (secondary N) is 1. The molecule has 1 N–H and O–H groups in total. The van der Waals surface area contributed by atoms with Gasteiger partial charge in [-0.3, -0.25) is 9.59 Å². The van der Waals surface area contributed by atoms with Crippen LogP contribution in [0.4, 0.5) is 11.4 Å². The fourth-order valence-electron chi connectivity index (χ4n) is 4.02. The fourth-order valence-corrected chi connectivity index (χ4v) is 4.02. The standard InChI is InChI=1S/C21H23N3O2/c1-3-23-18-13-15(20(25)22-16-7-4-6-14(2)12-16)9-10-17(18)21(26)24-11-5-8-19(23)24/h4,6-7,9-10,12-13,19H,3,5,8,11H2,1-2H3,(H,22,25). The Morgan fingerprint density at radius 3 is 2.85 bits per heavy atom. The van der Waals surface area contributed by atoms with Crippen LogP contribution in [0.2, 0.25) is 0 Å². The molecule has 0 aliphatic carbocycles. The Morgan fingerprint density at radius 2 is 2.08 bits per heavy atom. The molecule has 5 nitrogen and oxygen atoms in total. The first-order valence-corrected chi connectivity index (χ1v) is 9.18. The largest absolute Gasteiger partial charge is 0.351 e. The molecule has 2 heterocycles. The quantitative estimate of drug-likeness (QED) is 0.920. The van der Waals surface area contributed by atoms with Crippen LogP contribution in [0.3, 0.4) is 0 Å². The summed E-state index contributed by atoms with van der Waals surface area (Å²) in [5.74, 6) is -0.0754. The van der Waals surface area contributed by atoms with Crippen molar-refractivity contribution in [2.24, 2.45) is 0 Å². The van der Waals surface area contributed by atoms with Gasteiger partial charge in [-0.05, 0) is 62.6 Å². The zero-order valence-corrected chi connectivity index (χ0v) is 15.2. The molecule has 1 atom stereocenters. The van der Waals surface area contributed by atoms with Crippen LogP contribution in [0.5, 0.6) is 0 Å². The summed E-state index contributed by atoms with van der Waals surface area (Å²) in [5, 5.41) is 2.94. The van der Waals surface area contributed by atoms with Gasteiger partial charge in [-0.15, -0.1) is 0 Å². The first-order chi connectivity index (χ1) is 12.6. The highest BCUT2D eigenvalue weighted by Crippen LogP contribution is 2.36. The Labute approximate surface area is 153 Å². The van der Waals surface area contributed by atoms with Gasteiger partial charge in [0.15, 0.2) is 0 Å². The van der Waals surface area contributed by atoms with Crippen LogP contribution in [0.25, 0.3) is 0 Å². The first-order valence-electron chi connectivity index (χ1n) is 9.18. The molecule has 0 bridgehead atoms. The number of anilines is 2. The molecule has 2 aliphatic rings. The number of benzene rings is 2. The lowest BCUT2D eigenvalue weighted by Gasteiger charge is -2.41. The Bertz CT molecular complexity index is 877. The molecule has 2 aliphatic heterocycles. The zero-order valence-electron chi connectivity index (χ0n) is 15.2. The lowest BCUT2D eigenvalue weighted by molar-refractivity contribution is 0.0715. The molecule has 0 saturated carbocycles. The summed E-state index contributed by atoms with van der Waals surface area (Å²) in [7, 11) is 0. The lowest BCUT2D eigenvalue weighted by atomic mass is 10.0. The van der Waals surface area contributed by atoms with Gasteiger partial charge in [0.05, 0.1) is 11.3 Å². The molecule has 0 spiro atoms. The topological polar surface area (TPSA) is 52.7 Å². The number of fused-ring (bicyclic) bond motifs is 2. The summed E-state index contributed by atoms with van der Waals surface area (Å²) < 4.78 is 0. The number of hydrogen-bond donors (Lipinski definition) is 1. The molecule has 134 valence electrons. The van der Waals surface area contributed by atoms with Crippen molar-refractivity contribution < 1.29 is 9.59 Å². The minimum Gasteiger partial charge on any atom is -0.351 e. The summed E-state index contributed by atoms with van der Waals surface area (Å²) in [5.41, 5.74) is 4.01. The van der Waals surface area contributed by atoms with E-state index in [2.05, 4.69) is 17.1 Å². The number of nitrogens with zero attached hydrogens (tertiary/aromatic N) is 2. The van der Waals surface area contributed by atoms with Gasteiger partial charge in [-0.1, -0.05) is 12.1 Å². The third kappa shape index (κ3) is 2.73. The second kappa shape index (κ2) is 6.48. The molecule has 5 heteroatoms. The van der Waals surface area contributed by atoms with Crippen molar-refractivity contribution in [3.63, 3.8) is 0 Å². The summed E-state index contributed by atoms with van der Waals surface area (Å²) in [4.78, 5) is 29.7. The van der Waals surface area contributed by atoms with Crippen LogP contribution in [0.15, 0.2) is 42.5 Å². The molecule has 4 rings (SSSR count). The first kappa shape index (κ1) is 16.6. The van der Waals surface area contributed by atoms with E-state index in [-0.39, 0.29) is 18.0 Å². The molecule has 1 fully saturated rings. The zero-order chi connectivity index (χ0) is 18.3. The van der Waals surface area contributed by atoms with Gasteiger partial charge in [-0.25, -0.2) is 0 Å². The lowest BCUT2D eigenvalue weighted by Crippen LogP contribution is -2.52. The molecular weight excluding hydrogens is 326 g/mol. The van der Waals surface area contributed by atoms with Crippen molar-refractivity contribution in [1.82, 2.24) is 4.90 Å². The van der Waals surface area contributed by atoms with Gasteiger partial charge < -0.3 is 15.1 Å². The second-order valence-electron chi connectivity index (χ2n) is 6.96. The van der Waals surface area contributed by atoms with E-state index < -0.39 is 0 Å². The van der Waals surface area contributed by atoms with Crippen molar-refractivity contribution in [2.75, 3.05) is 23.3 Å². The highest BCUT2D eigenvalue weighted by atomic mass is 16.2. The van der Waals surface area contributed by atoms with Crippen LogP contribution in [-0.2, 0) is 0 Å². The van der Waals surface area contributed by atoms with E-state index in [0.717, 1.165) is 42.9 Å². The molecule has 26 heavy (non-hydrogen) atoms. The molecule has 2 aromatic carbocycles. The van der Waals surface area contributed by atoms with Crippen molar-refractivity contribution >= 4 is 23.2 Å². The van der Waals surface area contributed by atoms with Gasteiger partial charge in [-0.2, -0.15) is 0 Å². The van der Waals surface area contributed by atoms with Gasteiger partial charge in [0.2, 0.25) is 0 Å². The molecule has 1 saturated heterocycles. The van der Waals surface area contributed by atoms with Gasteiger partial charge in [0.1, 0.15) is 6.17 Å². The predicted octanol–water partition coefficient (Wildman–Crippen LogP) is 3.65. The Kier molecular flexibility index (Phi) is 4.15. The van der Waals surface area contributed by atoms with Gasteiger partial charge in [0, 0.05) is 24.3 Å². The number of amides is 2. The number of carbonyl (C=O) groups is 2. The Hall–Kier alpha value is -2.82. The minimum absolute atomic E-state index is 0.0813. The highest BCUT2D eigenvalue weighted by molar-refractivity contribution is 6.08. The van der Waals surface area contributed by atoms with E-state index in [9.17, 15) is 9.59 Å². The molecule has 2 amide bonds. The maximum absolute atomic E-state index is 12.8. The molecule has 2 aromatic rings. The minimum atomic E-state index is -0.157. The SMILES string of the molecule is CCN1c2cc(C(=O)Nc3cccc(C)c3)ccc2C(=O)N2CCCC21. The fraction of sp³-hybridized carbons (Fsp3) is 0.333. The van der Waals surface area contributed by atoms with E-state index in [4.69, 9.17) is 0 Å². The maximum Gasteiger partial charge on any atom is 0.257 e. The summed E-state index contributed by atoms with van der Waals surface area (Å²) in [6.45, 7) is 5.71. The number of hydrogen-bond acceptors (Lipinski definition) is 3. The third-order valence-electron chi connectivity index (χ3n) is 5.26. The van der Waals surface area contributed by atoms with E-state index in [1.165, 1.54) is 0 Å². The summed E-state index contributed by atoms with van der Waals surface area (Å²) in [6, 6.07) is 13.1. The third-order valence-corrected chi connectivity index (χ3v) is 5.26. The smallest absolute Gasteiger partial charge is 0.257 e. The Morgan fingerprint density at radius 1 is 1.23 bits per heavy atom. The monoisotopic (exact) mass is 349 g/mol. The summed E-state index contributed by atoms with van der Waals surface area (Å²) >= 11 is 0. The predicted molar refractivity (Wildman–Crippen MR) is 103 cm³/mol. The van der Waals surface area contributed by atoms with Crippen molar-refractivity contribution in [3.8, 4) is 0 Å². The number of aryl methyl sites for hydroxylation is 1. The van der Waals surface area contributed by atoms with Crippen LogP contribution in [-0.4, -0.2) is 36.0 Å². The van der Waals surface area contributed by atoms with Crippen LogP contribution < -0.4 is 10.2 Å². The number of carbonyl (C=O) groups excluding carboxylic acids is 2. The second-order valence-corrected chi connectivity index (χ2v) is 6.96. The maximum atomic E-state index is 12.8. The van der Waals surface area contributed by atoms with E-state index in [1.807, 2.05) is 42.2 Å². The molecule has 1 unspecified atom stereocenters. The van der Waals surface area contributed by atoms with Gasteiger partial charge >= 0.3 is 0 Å².